The number of nitrogens with zero attached hydrogens (tertiary/aromatic N) is 2. The van der Waals surface area contributed by atoms with Crippen LogP contribution in [0, 0.1) is 11.7 Å². The molecule has 1 fully saturated rings. The molecule has 3 N–H and O–H groups in total. The molecule has 0 radical (unpaired) electrons. The fourth-order valence-electron chi connectivity index (χ4n) is 4.25. The van der Waals surface area contributed by atoms with Gasteiger partial charge in [-0.1, -0.05) is 30.3 Å². The average molecular weight is 563 g/mol. The highest BCUT2D eigenvalue weighted by Gasteiger charge is 2.29. The zero-order valence-corrected chi connectivity index (χ0v) is 21.1. The molecule has 0 spiro atoms. The number of hydrogen-bond acceptors (Lipinski definition) is 2. The molecule has 1 amide bonds. The van der Waals surface area contributed by atoms with Gasteiger partial charge in [-0.25, -0.2) is 4.39 Å². The van der Waals surface area contributed by atoms with Crippen molar-refractivity contribution in [2.75, 3.05) is 33.2 Å². The highest BCUT2D eigenvalue weighted by atomic mass is 127. The van der Waals surface area contributed by atoms with E-state index in [4.69, 9.17) is 0 Å². The Labute approximate surface area is 211 Å². The third-order valence-corrected chi connectivity index (χ3v) is 6.01. The second-order valence-corrected chi connectivity index (χ2v) is 8.28. The molecule has 1 atom stereocenters. The smallest absolute Gasteiger partial charge is 0.223 e. The number of halogens is 2. The van der Waals surface area contributed by atoms with E-state index in [0.717, 1.165) is 42.4 Å². The second-order valence-electron chi connectivity index (χ2n) is 8.28. The molecule has 6 nitrogen and oxygen atoms in total. The number of nitrogens with one attached hydrogen (secondary N) is 3. The number of carbonyl (C=O) groups is 1. The summed E-state index contributed by atoms with van der Waals surface area (Å²) in [5.41, 5.74) is 3.26. The van der Waals surface area contributed by atoms with E-state index in [9.17, 15) is 9.18 Å². The molecule has 2 heterocycles. The summed E-state index contributed by atoms with van der Waals surface area (Å²) in [7, 11) is 1.74. The second kappa shape index (κ2) is 12.0. The van der Waals surface area contributed by atoms with Gasteiger partial charge in [0.25, 0.3) is 0 Å². The quantitative estimate of drug-likeness (QED) is 0.222. The standard InChI is InChI=1S/C25H30FN5O.HI/c1-27-25(28-11-9-20-16-29-23-8-7-21(26)14-22(20)23)30-15-19-13-24(32)31(17-19)12-10-18-5-3-2-4-6-18;/h2-8,14,16,19,29H,9-13,15,17H2,1H3,(H2,27,28,30);1H. The van der Waals surface area contributed by atoms with Crippen LogP contribution in [0.3, 0.4) is 0 Å². The number of rotatable bonds is 8. The summed E-state index contributed by atoms with van der Waals surface area (Å²) >= 11 is 0. The van der Waals surface area contributed by atoms with E-state index >= 15 is 0 Å². The van der Waals surface area contributed by atoms with E-state index in [-0.39, 0.29) is 41.6 Å². The van der Waals surface area contributed by atoms with E-state index in [1.165, 1.54) is 11.6 Å². The van der Waals surface area contributed by atoms with Crippen molar-refractivity contribution < 1.29 is 9.18 Å². The fourth-order valence-corrected chi connectivity index (χ4v) is 4.25. The van der Waals surface area contributed by atoms with Crippen LogP contribution in [0.4, 0.5) is 4.39 Å². The van der Waals surface area contributed by atoms with E-state index in [1.807, 2.05) is 29.3 Å². The SMILES string of the molecule is CN=C(NCCc1c[nH]c2ccc(F)cc12)NCC1CC(=O)N(CCc2ccccc2)C1.I. The fraction of sp³-hybridized carbons (Fsp3) is 0.360. The minimum Gasteiger partial charge on any atom is -0.361 e. The summed E-state index contributed by atoms with van der Waals surface area (Å²) in [4.78, 5) is 21.8. The normalized spacial score (nSPS) is 16.2. The molecular formula is C25H31FIN5O. The zero-order chi connectivity index (χ0) is 22.3. The Morgan fingerprint density at radius 1 is 1.18 bits per heavy atom. The third-order valence-electron chi connectivity index (χ3n) is 6.01. The van der Waals surface area contributed by atoms with E-state index in [1.54, 1.807) is 19.2 Å². The first-order valence-corrected chi connectivity index (χ1v) is 11.1. The summed E-state index contributed by atoms with van der Waals surface area (Å²) in [5, 5.41) is 7.57. The molecule has 0 aliphatic carbocycles. The summed E-state index contributed by atoms with van der Waals surface area (Å²) in [6.45, 7) is 2.91. The number of aromatic amines is 1. The molecule has 1 saturated heterocycles. The Kier molecular flexibility index (Phi) is 9.11. The van der Waals surface area contributed by atoms with Gasteiger partial charge in [0, 0.05) is 62.7 Å². The van der Waals surface area contributed by atoms with Crippen molar-refractivity contribution in [1.82, 2.24) is 20.5 Å². The van der Waals surface area contributed by atoms with Gasteiger partial charge in [-0.05, 0) is 42.2 Å². The molecule has 1 aromatic heterocycles. The Hall–Kier alpha value is -2.62. The van der Waals surface area contributed by atoms with Crippen LogP contribution in [-0.4, -0.2) is 55.0 Å². The van der Waals surface area contributed by atoms with Crippen LogP contribution in [-0.2, 0) is 17.6 Å². The minimum absolute atomic E-state index is 0. The van der Waals surface area contributed by atoms with Gasteiger partial charge in [-0.15, -0.1) is 24.0 Å². The number of guanidine groups is 1. The summed E-state index contributed by atoms with van der Waals surface area (Å²) < 4.78 is 13.6. The van der Waals surface area contributed by atoms with Crippen LogP contribution in [0.15, 0.2) is 59.7 Å². The monoisotopic (exact) mass is 563 g/mol. The van der Waals surface area contributed by atoms with E-state index < -0.39 is 0 Å². The number of hydrogen-bond donors (Lipinski definition) is 3. The average Bonchev–Trinajstić information content (AvgIpc) is 3.37. The van der Waals surface area contributed by atoms with Gasteiger partial charge in [0.05, 0.1) is 0 Å². The lowest BCUT2D eigenvalue weighted by molar-refractivity contribution is -0.127. The maximum atomic E-state index is 13.6. The van der Waals surface area contributed by atoms with Gasteiger partial charge < -0.3 is 20.5 Å². The largest absolute Gasteiger partial charge is 0.361 e. The van der Waals surface area contributed by atoms with Crippen molar-refractivity contribution in [3.05, 3.63) is 71.7 Å². The summed E-state index contributed by atoms with van der Waals surface area (Å²) in [6.07, 6.45) is 4.13. The lowest BCUT2D eigenvalue weighted by Crippen LogP contribution is -2.41. The number of benzene rings is 2. The zero-order valence-electron chi connectivity index (χ0n) is 18.8. The summed E-state index contributed by atoms with van der Waals surface area (Å²) in [5.74, 6) is 0.981. The number of fused-ring (bicyclic) bond motifs is 1. The molecule has 1 aliphatic heterocycles. The first-order valence-electron chi connectivity index (χ1n) is 11.1. The molecule has 33 heavy (non-hydrogen) atoms. The highest BCUT2D eigenvalue weighted by molar-refractivity contribution is 14.0. The van der Waals surface area contributed by atoms with Gasteiger partial charge in [-0.2, -0.15) is 0 Å². The van der Waals surface area contributed by atoms with Crippen molar-refractivity contribution in [3.63, 3.8) is 0 Å². The Bertz CT molecular complexity index is 1080. The lowest BCUT2D eigenvalue weighted by atomic mass is 10.1. The first-order chi connectivity index (χ1) is 15.6. The number of carbonyl (C=O) groups excluding carboxylic acids is 1. The van der Waals surface area contributed by atoms with Crippen molar-refractivity contribution in [1.29, 1.82) is 0 Å². The number of aliphatic imine (C=N–C) groups is 1. The topological polar surface area (TPSA) is 72.5 Å². The lowest BCUT2D eigenvalue weighted by Gasteiger charge is -2.18. The van der Waals surface area contributed by atoms with Crippen LogP contribution >= 0.6 is 24.0 Å². The van der Waals surface area contributed by atoms with Crippen LogP contribution in [0.2, 0.25) is 0 Å². The molecule has 176 valence electrons. The molecule has 2 aromatic carbocycles. The predicted octanol–water partition coefficient (Wildman–Crippen LogP) is 3.72. The molecule has 3 aromatic rings. The van der Waals surface area contributed by atoms with Crippen molar-refractivity contribution >= 4 is 46.7 Å². The summed E-state index contributed by atoms with van der Waals surface area (Å²) in [6, 6.07) is 15.1. The Balaban J connectivity index is 0.00000306. The first kappa shape index (κ1) is 25.0. The van der Waals surface area contributed by atoms with Gasteiger partial charge in [0.1, 0.15) is 5.82 Å². The number of aromatic nitrogens is 1. The van der Waals surface area contributed by atoms with E-state index in [0.29, 0.717) is 25.5 Å². The molecule has 4 rings (SSSR count). The third kappa shape index (κ3) is 6.69. The van der Waals surface area contributed by atoms with Crippen LogP contribution in [0.25, 0.3) is 10.9 Å². The Morgan fingerprint density at radius 2 is 2.00 bits per heavy atom. The highest BCUT2D eigenvalue weighted by Crippen LogP contribution is 2.20. The molecule has 1 unspecified atom stereocenters. The van der Waals surface area contributed by atoms with Crippen molar-refractivity contribution in [2.24, 2.45) is 10.9 Å². The van der Waals surface area contributed by atoms with Crippen molar-refractivity contribution in [3.8, 4) is 0 Å². The number of H-pyrrole nitrogens is 1. The minimum atomic E-state index is -0.229. The van der Waals surface area contributed by atoms with Crippen LogP contribution in [0.5, 0.6) is 0 Å². The van der Waals surface area contributed by atoms with Crippen LogP contribution in [0.1, 0.15) is 17.5 Å². The molecule has 8 heteroatoms. The van der Waals surface area contributed by atoms with Crippen LogP contribution < -0.4 is 10.6 Å². The van der Waals surface area contributed by atoms with Crippen molar-refractivity contribution in [2.45, 2.75) is 19.3 Å². The Morgan fingerprint density at radius 3 is 2.79 bits per heavy atom. The predicted molar refractivity (Wildman–Crippen MR) is 142 cm³/mol. The van der Waals surface area contributed by atoms with E-state index in [2.05, 4.69) is 32.7 Å². The molecule has 0 bridgehead atoms. The van der Waals surface area contributed by atoms with Gasteiger partial charge >= 0.3 is 0 Å². The number of likely N-dealkylation sites (tertiary alicyclic amines) is 1. The van der Waals surface area contributed by atoms with Gasteiger partial charge in [-0.3, -0.25) is 9.79 Å². The maximum absolute atomic E-state index is 13.6. The maximum Gasteiger partial charge on any atom is 0.223 e. The number of amides is 1. The molecular weight excluding hydrogens is 532 g/mol. The van der Waals surface area contributed by atoms with Gasteiger partial charge in [0.2, 0.25) is 5.91 Å². The molecule has 0 saturated carbocycles. The molecule has 1 aliphatic rings. The van der Waals surface area contributed by atoms with Gasteiger partial charge in [0.15, 0.2) is 5.96 Å².